The Hall–Kier alpha value is -2.97. The van der Waals surface area contributed by atoms with Crippen LogP contribution < -0.4 is 20.9 Å². The molecule has 3 amide bonds. The lowest BCUT2D eigenvalue weighted by Crippen LogP contribution is -2.53. The predicted molar refractivity (Wildman–Crippen MR) is 99.1 cm³/mol. The number of ether oxygens (including phenoxy) is 2. The van der Waals surface area contributed by atoms with Crippen LogP contribution in [-0.2, 0) is 14.3 Å². The number of anilines is 1. The highest BCUT2D eigenvalue weighted by molar-refractivity contribution is 5.90. The van der Waals surface area contributed by atoms with E-state index in [4.69, 9.17) is 9.47 Å². The number of carbonyl (C=O) groups excluding carboxylic acids is 3. The zero-order valence-electron chi connectivity index (χ0n) is 15.8. The van der Waals surface area contributed by atoms with Gasteiger partial charge in [0, 0.05) is 6.54 Å². The number of amides is 3. The van der Waals surface area contributed by atoms with Gasteiger partial charge in [-0.05, 0) is 51.0 Å². The average molecular weight is 378 g/mol. The van der Waals surface area contributed by atoms with Crippen molar-refractivity contribution in [3.8, 4) is 5.75 Å². The number of hydrogen-bond donors (Lipinski definition) is 3. The molecule has 1 fully saturated rings. The highest BCUT2D eigenvalue weighted by Gasteiger charge is 2.35. The van der Waals surface area contributed by atoms with Crippen molar-refractivity contribution in [2.24, 2.45) is 0 Å². The lowest BCUT2D eigenvalue weighted by Gasteiger charge is -2.25. The van der Waals surface area contributed by atoms with Crippen molar-refractivity contribution in [3.05, 3.63) is 24.3 Å². The number of esters is 1. The molecule has 1 aliphatic rings. The Labute approximate surface area is 158 Å². The molecule has 0 aliphatic carbocycles. The Bertz CT molecular complexity index is 664. The second-order valence-corrected chi connectivity index (χ2v) is 6.12. The zero-order chi connectivity index (χ0) is 19.8. The first-order valence-corrected chi connectivity index (χ1v) is 8.90. The van der Waals surface area contributed by atoms with Gasteiger partial charge in [-0.25, -0.2) is 9.59 Å². The minimum Gasteiger partial charge on any atom is -0.497 e. The van der Waals surface area contributed by atoms with Crippen molar-refractivity contribution in [1.82, 2.24) is 15.6 Å². The third-order valence-electron chi connectivity index (χ3n) is 4.22. The van der Waals surface area contributed by atoms with Gasteiger partial charge in [-0.2, -0.15) is 0 Å². The van der Waals surface area contributed by atoms with E-state index in [1.807, 2.05) is 0 Å². The second kappa shape index (κ2) is 9.65. The van der Waals surface area contributed by atoms with Gasteiger partial charge < -0.3 is 19.7 Å². The van der Waals surface area contributed by atoms with E-state index in [9.17, 15) is 14.4 Å². The van der Waals surface area contributed by atoms with Gasteiger partial charge in [0.25, 0.3) is 5.91 Å². The number of urea groups is 1. The topological polar surface area (TPSA) is 109 Å². The Morgan fingerprint density at radius 3 is 2.59 bits per heavy atom. The maximum absolute atomic E-state index is 12.5. The molecule has 0 radical (unpaired) electrons. The number of likely N-dealkylation sites (tertiary alicyclic amines) is 1. The number of nitrogens with zero attached hydrogens (tertiary/aromatic N) is 1. The highest BCUT2D eigenvalue weighted by atomic mass is 16.5. The summed E-state index contributed by atoms with van der Waals surface area (Å²) in [6, 6.07) is 5.21. The second-order valence-electron chi connectivity index (χ2n) is 6.12. The van der Waals surface area contributed by atoms with Crippen LogP contribution in [0, 0.1) is 0 Å². The lowest BCUT2D eigenvalue weighted by molar-refractivity contribution is -0.144. The van der Waals surface area contributed by atoms with E-state index < -0.39 is 24.1 Å². The van der Waals surface area contributed by atoms with Crippen LogP contribution in [0.4, 0.5) is 10.5 Å². The summed E-state index contributed by atoms with van der Waals surface area (Å²) in [6.45, 7) is 3.93. The van der Waals surface area contributed by atoms with Crippen molar-refractivity contribution in [2.75, 3.05) is 25.7 Å². The van der Waals surface area contributed by atoms with Crippen LogP contribution in [0.5, 0.6) is 5.75 Å². The number of benzene rings is 1. The van der Waals surface area contributed by atoms with E-state index in [0.717, 1.165) is 0 Å². The summed E-state index contributed by atoms with van der Waals surface area (Å²) in [5.74, 6) is -0.115. The van der Waals surface area contributed by atoms with Crippen LogP contribution in [-0.4, -0.2) is 55.2 Å². The molecule has 0 saturated carbocycles. The van der Waals surface area contributed by atoms with Gasteiger partial charge in [0.05, 0.1) is 19.4 Å². The third kappa shape index (κ3) is 5.50. The smallest absolute Gasteiger partial charge is 0.328 e. The van der Waals surface area contributed by atoms with Gasteiger partial charge >= 0.3 is 12.0 Å². The third-order valence-corrected chi connectivity index (χ3v) is 4.22. The SMILES string of the molecule is CCOC(=O)[C@H](C)NC(=O)N1CCCC1C(=O)NNc1ccc(OC)cc1. The van der Waals surface area contributed by atoms with E-state index >= 15 is 0 Å². The van der Waals surface area contributed by atoms with Crippen LogP contribution in [0.1, 0.15) is 26.7 Å². The molecule has 2 rings (SSSR count). The first-order chi connectivity index (χ1) is 13.0. The molecule has 3 N–H and O–H groups in total. The molecular formula is C18H26N4O5. The number of rotatable bonds is 7. The summed E-state index contributed by atoms with van der Waals surface area (Å²) in [7, 11) is 1.58. The van der Waals surface area contributed by atoms with Crippen LogP contribution in [0.2, 0.25) is 0 Å². The highest BCUT2D eigenvalue weighted by Crippen LogP contribution is 2.18. The average Bonchev–Trinajstić information content (AvgIpc) is 3.16. The number of nitrogens with one attached hydrogen (secondary N) is 3. The first-order valence-electron chi connectivity index (χ1n) is 8.90. The van der Waals surface area contributed by atoms with Crippen LogP contribution in [0.25, 0.3) is 0 Å². The van der Waals surface area contributed by atoms with Gasteiger partial charge in [-0.15, -0.1) is 0 Å². The fourth-order valence-corrected chi connectivity index (χ4v) is 2.77. The van der Waals surface area contributed by atoms with E-state index in [1.54, 1.807) is 45.2 Å². The number of hydrogen-bond acceptors (Lipinski definition) is 6. The largest absolute Gasteiger partial charge is 0.497 e. The molecule has 2 atom stereocenters. The van der Waals surface area contributed by atoms with Gasteiger partial charge in [-0.3, -0.25) is 15.6 Å². The molecule has 9 heteroatoms. The van der Waals surface area contributed by atoms with Crippen LogP contribution >= 0.6 is 0 Å². The van der Waals surface area contributed by atoms with Crippen molar-refractivity contribution in [3.63, 3.8) is 0 Å². The number of carbonyl (C=O) groups is 3. The molecule has 1 aliphatic heterocycles. The molecule has 1 heterocycles. The fourth-order valence-electron chi connectivity index (χ4n) is 2.77. The summed E-state index contributed by atoms with van der Waals surface area (Å²) in [5.41, 5.74) is 6.13. The summed E-state index contributed by atoms with van der Waals surface area (Å²) >= 11 is 0. The minimum absolute atomic E-state index is 0.241. The normalized spacial score (nSPS) is 17.0. The van der Waals surface area contributed by atoms with Crippen molar-refractivity contribution in [2.45, 2.75) is 38.8 Å². The maximum atomic E-state index is 12.5. The molecule has 1 aromatic carbocycles. The Morgan fingerprint density at radius 2 is 1.96 bits per heavy atom. The van der Waals surface area contributed by atoms with E-state index in [1.165, 1.54) is 4.90 Å². The summed E-state index contributed by atoms with van der Waals surface area (Å²) in [4.78, 5) is 38.0. The van der Waals surface area contributed by atoms with E-state index in [0.29, 0.717) is 30.8 Å². The standard InChI is InChI=1S/C18H26N4O5/c1-4-27-17(24)12(2)19-18(25)22-11-5-6-15(22)16(23)21-20-13-7-9-14(26-3)10-8-13/h7-10,12,15,20H,4-6,11H2,1-3H3,(H,19,25)(H,21,23)/t12-,15?/m0/s1. The number of methoxy groups -OCH3 is 1. The molecule has 1 unspecified atom stereocenters. The molecule has 0 spiro atoms. The van der Waals surface area contributed by atoms with E-state index in [2.05, 4.69) is 16.2 Å². The Balaban J connectivity index is 1.88. The molecular weight excluding hydrogens is 352 g/mol. The molecule has 0 aromatic heterocycles. The van der Waals surface area contributed by atoms with Crippen LogP contribution in [0.15, 0.2) is 24.3 Å². The van der Waals surface area contributed by atoms with Crippen molar-refractivity contribution in [1.29, 1.82) is 0 Å². The fraction of sp³-hybridized carbons (Fsp3) is 0.500. The van der Waals surface area contributed by atoms with Crippen LogP contribution in [0.3, 0.4) is 0 Å². The van der Waals surface area contributed by atoms with E-state index in [-0.39, 0.29) is 12.5 Å². The molecule has 0 bridgehead atoms. The molecule has 1 saturated heterocycles. The summed E-state index contributed by atoms with van der Waals surface area (Å²) < 4.78 is 9.96. The van der Waals surface area contributed by atoms with Gasteiger partial charge in [-0.1, -0.05) is 0 Å². The molecule has 1 aromatic rings. The monoisotopic (exact) mass is 378 g/mol. The van der Waals surface area contributed by atoms with Gasteiger partial charge in [0.1, 0.15) is 17.8 Å². The van der Waals surface area contributed by atoms with Crippen molar-refractivity contribution < 1.29 is 23.9 Å². The Morgan fingerprint density at radius 1 is 1.26 bits per heavy atom. The summed E-state index contributed by atoms with van der Waals surface area (Å²) in [6.07, 6.45) is 1.26. The van der Waals surface area contributed by atoms with Crippen molar-refractivity contribution >= 4 is 23.6 Å². The zero-order valence-corrected chi connectivity index (χ0v) is 15.8. The minimum atomic E-state index is -0.779. The summed E-state index contributed by atoms with van der Waals surface area (Å²) in [5, 5.41) is 2.58. The lowest BCUT2D eigenvalue weighted by atomic mass is 10.2. The molecule has 27 heavy (non-hydrogen) atoms. The maximum Gasteiger partial charge on any atom is 0.328 e. The molecule has 148 valence electrons. The quantitative estimate of drug-likeness (QED) is 0.487. The number of hydrazine groups is 1. The van der Waals surface area contributed by atoms with Gasteiger partial charge in [0.15, 0.2) is 0 Å². The predicted octanol–water partition coefficient (Wildman–Crippen LogP) is 1.26. The molecule has 9 nitrogen and oxygen atoms in total. The Kier molecular flexibility index (Phi) is 7.27. The first kappa shape index (κ1) is 20.3. The van der Waals surface area contributed by atoms with Gasteiger partial charge in [0.2, 0.25) is 0 Å².